The van der Waals surface area contributed by atoms with Crippen molar-refractivity contribution in [2.45, 2.75) is 12.8 Å². The van der Waals surface area contributed by atoms with E-state index in [9.17, 15) is 18.0 Å². The molecular formula is C13H11BrClF3N2O2. The predicted molar refractivity (Wildman–Crippen MR) is 80.2 cm³/mol. The van der Waals surface area contributed by atoms with Crippen molar-refractivity contribution in [3.8, 4) is 11.4 Å². The molecule has 0 radical (unpaired) electrons. The monoisotopic (exact) mass is 398 g/mol. The molecule has 0 atom stereocenters. The molecule has 120 valence electrons. The molecule has 1 aromatic heterocycles. The minimum Gasteiger partial charge on any atom is -0.406 e. The summed E-state index contributed by atoms with van der Waals surface area (Å²) < 4.78 is 43.1. The lowest BCUT2D eigenvalue weighted by atomic mass is 10.3. The van der Waals surface area contributed by atoms with E-state index in [1.807, 2.05) is 0 Å². The van der Waals surface area contributed by atoms with Gasteiger partial charge < -0.3 is 4.74 Å². The van der Waals surface area contributed by atoms with Crippen molar-refractivity contribution in [3.05, 3.63) is 45.3 Å². The maximum Gasteiger partial charge on any atom is 0.573 e. The van der Waals surface area contributed by atoms with E-state index in [-0.39, 0.29) is 10.8 Å². The number of ether oxygens (including phenoxy) is 1. The molecule has 9 heteroatoms. The van der Waals surface area contributed by atoms with Crippen LogP contribution >= 0.6 is 27.5 Å². The van der Waals surface area contributed by atoms with Gasteiger partial charge in [0.25, 0.3) is 5.56 Å². The lowest BCUT2D eigenvalue weighted by Gasteiger charge is -2.11. The van der Waals surface area contributed by atoms with Gasteiger partial charge in [0.2, 0.25) is 0 Å². The van der Waals surface area contributed by atoms with E-state index in [1.165, 1.54) is 16.8 Å². The standard InChI is InChI=1S/C13H11BrClF3N2O2/c1-19-10(6-7-14)11(15)12(21)20(19)8-2-4-9(5-3-8)22-13(16,17)18/h2-5H,6-7H2,1H3. The van der Waals surface area contributed by atoms with Crippen LogP contribution in [0.15, 0.2) is 29.1 Å². The number of benzene rings is 1. The zero-order chi connectivity index (χ0) is 16.5. The van der Waals surface area contributed by atoms with Crippen LogP contribution in [-0.2, 0) is 13.5 Å². The highest BCUT2D eigenvalue weighted by molar-refractivity contribution is 9.09. The summed E-state index contributed by atoms with van der Waals surface area (Å²) in [5, 5.41) is 0.722. The van der Waals surface area contributed by atoms with Crippen molar-refractivity contribution in [2.75, 3.05) is 5.33 Å². The van der Waals surface area contributed by atoms with Gasteiger partial charge in [-0.3, -0.25) is 9.48 Å². The molecule has 4 nitrogen and oxygen atoms in total. The second kappa shape index (κ2) is 6.37. The number of aromatic nitrogens is 2. The SMILES string of the molecule is Cn1c(CCBr)c(Cl)c(=O)n1-c1ccc(OC(F)(F)F)cc1. The molecule has 0 unspecified atom stereocenters. The second-order valence-electron chi connectivity index (χ2n) is 4.38. The average Bonchev–Trinajstić information content (AvgIpc) is 2.63. The highest BCUT2D eigenvalue weighted by atomic mass is 79.9. The van der Waals surface area contributed by atoms with Crippen molar-refractivity contribution in [1.29, 1.82) is 0 Å². The number of hydrogen-bond acceptors (Lipinski definition) is 2. The van der Waals surface area contributed by atoms with Crippen LogP contribution in [-0.4, -0.2) is 21.1 Å². The van der Waals surface area contributed by atoms with E-state index in [0.717, 1.165) is 12.1 Å². The summed E-state index contributed by atoms with van der Waals surface area (Å²) in [7, 11) is 1.66. The zero-order valence-corrected chi connectivity index (χ0v) is 13.7. The minimum atomic E-state index is -4.75. The van der Waals surface area contributed by atoms with Gasteiger partial charge >= 0.3 is 6.36 Å². The highest BCUT2D eigenvalue weighted by Crippen LogP contribution is 2.24. The summed E-state index contributed by atoms with van der Waals surface area (Å²) in [6.07, 6.45) is -4.21. The quantitative estimate of drug-likeness (QED) is 0.736. The van der Waals surface area contributed by atoms with E-state index >= 15 is 0 Å². The van der Waals surface area contributed by atoms with Crippen molar-refractivity contribution in [1.82, 2.24) is 9.36 Å². The van der Waals surface area contributed by atoms with Crippen LogP contribution in [0.3, 0.4) is 0 Å². The number of hydrogen-bond donors (Lipinski definition) is 0. The number of halogens is 5. The maximum atomic E-state index is 12.2. The summed E-state index contributed by atoms with van der Waals surface area (Å²) in [6.45, 7) is 0. The summed E-state index contributed by atoms with van der Waals surface area (Å²) in [5.41, 5.74) is 0.605. The van der Waals surface area contributed by atoms with Gasteiger partial charge in [0.05, 0.1) is 11.4 Å². The molecule has 0 saturated carbocycles. The first kappa shape index (κ1) is 17.0. The molecule has 1 heterocycles. The molecule has 0 spiro atoms. The molecule has 0 aliphatic carbocycles. The van der Waals surface area contributed by atoms with Gasteiger partial charge in [-0.1, -0.05) is 27.5 Å². The lowest BCUT2D eigenvalue weighted by molar-refractivity contribution is -0.274. The van der Waals surface area contributed by atoms with Gasteiger partial charge in [-0.05, 0) is 24.3 Å². The Morgan fingerprint density at radius 2 is 1.86 bits per heavy atom. The van der Waals surface area contributed by atoms with Gasteiger partial charge in [-0.2, -0.15) is 0 Å². The summed E-state index contributed by atoms with van der Waals surface area (Å²) in [5.74, 6) is -0.356. The van der Waals surface area contributed by atoms with Crippen LogP contribution in [0.2, 0.25) is 5.02 Å². The summed E-state index contributed by atoms with van der Waals surface area (Å²) >= 11 is 9.29. The van der Waals surface area contributed by atoms with E-state index in [1.54, 1.807) is 11.7 Å². The van der Waals surface area contributed by atoms with Crippen LogP contribution in [0.1, 0.15) is 5.69 Å². The van der Waals surface area contributed by atoms with E-state index in [0.29, 0.717) is 23.1 Å². The molecule has 0 amide bonds. The van der Waals surface area contributed by atoms with Crippen LogP contribution < -0.4 is 10.3 Å². The van der Waals surface area contributed by atoms with Crippen LogP contribution in [0.5, 0.6) is 5.75 Å². The fourth-order valence-corrected chi connectivity index (χ4v) is 2.73. The van der Waals surface area contributed by atoms with Crippen LogP contribution in [0, 0.1) is 0 Å². The number of alkyl halides is 4. The third-order valence-electron chi connectivity index (χ3n) is 2.97. The van der Waals surface area contributed by atoms with Crippen LogP contribution in [0.25, 0.3) is 5.69 Å². The topological polar surface area (TPSA) is 36.2 Å². The normalized spacial score (nSPS) is 11.7. The van der Waals surface area contributed by atoms with Crippen molar-refractivity contribution in [3.63, 3.8) is 0 Å². The van der Waals surface area contributed by atoms with Crippen molar-refractivity contribution < 1.29 is 17.9 Å². The molecule has 0 saturated heterocycles. The molecule has 2 aromatic rings. The molecular weight excluding hydrogens is 389 g/mol. The van der Waals surface area contributed by atoms with E-state index in [4.69, 9.17) is 11.6 Å². The van der Waals surface area contributed by atoms with Gasteiger partial charge in [0, 0.05) is 18.8 Å². The average molecular weight is 400 g/mol. The molecule has 0 bridgehead atoms. The molecule has 22 heavy (non-hydrogen) atoms. The first-order valence-corrected chi connectivity index (χ1v) is 7.63. The van der Waals surface area contributed by atoms with Gasteiger partial charge in [0.1, 0.15) is 10.8 Å². The van der Waals surface area contributed by atoms with Crippen LogP contribution in [0.4, 0.5) is 13.2 Å². The minimum absolute atomic E-state index is 0.0950. The Morgan fingerprint density at radius 1 is 1.27 bits per heavy atom. The molecule has 0 aliphatic heterocycles. The van der Waals surface area contributed by atoms with Crippen molar-refractivity contribution >= 4 is 27.5 Å². The third-order valence-corrected chi connectivity index (χ3v) is 3.75. The molecule has 2 rings (SSSR count). The molecule has 1 aromatic carbocycles. The fourth-order valence-electron chi connectivity index (χ4n) is 2.06. The number of nitrogens with zero attached hydrogens (tertiary/aromatic N) is 2. The first-order chi connectivity index (χ1) is 10.2. The highest BCUT2D eigenvalue weighted by Gasteiger charge is 2.31. The molecule has 0 fully saturated rings. The predicted octanol–water partition coefficient (Wildman–Crippen LogP) is 3.67. The Kier molecular flexibility index (Phi) is 4.91. The largest absolute Gasteiger partial charge is 0.573 e. The van der Waals surface area contributed by atoms with Crippen molar-refractivity contribution in [2.24, 2.45) is 7.05 Å². The van der Waals surface area contributed by atoms with E-state index < -0.39 is 11.9 Å². The Morgan fingerprint density at radius 3 is 2.36 bits per heavy atom. The molecule has 0 aliphatic rings. The number of rotatable bonds is 4. The first-order valence-electron chi connectivity index (χ1n) is 6.13. The third kappa shape index (κ3) is 3.49. The summed E-state index contributed by atoms with van der Waals surface area (Å²) in [6, 6.07) is 4.99. The maximum absolute atomic E-state index is 12.2. The van der Waals surface area contributed by atoms with Gasteiger partial charge in [-0.15, -0.1) is 13.2 Å². The Bertz CT molecular complexity index is 723. The lowest BCUT2D eigenvalue weighted by Crippen LogP contribution is -2.20. The Hall–Kier alpha value is -1.41. The Labute approximate surface area is 137 Å². The second-order valence-corrected chi connectivity index (χ2v) is 5.55. The smallest absolute Gasteiger partial charge is 0.406 e. The van der Waals surface area contributed by atoms with E-state index in [2.05, 4.69) is 20.7 Å². The van der Waals surface area contributed by atoms with Gasteiger partial charge in [-0.25, -0.2) is 4.68 Å². The fraction of sp³-hybridized carbons (Fsp3) is 0.308. The Balaban J connectivity index is 2.41. The molecule has 0 N–H and O–H groups in total. The summed E-state index contributed by atoms with van der Waals surface area (Å²) in [4.78, 5) is 12.2. The zero-order valence-electron chi connectivity index (χ0n) is 11.3. The van der Waals surface area contributed by atoms with Gasteiger partial charge in [0.15, 0.2) is 0 Å².